The molecule has 2 rings (SSSR count). The van der Waals surface area contributed by atoms with Crippen molar-refractivity contribution in [2.24, 2.45) is 7.05 Å². The van der Waals surface area contributed by atoms with Crippen LogP contribution < -0.4 is 5.73 Å². The Hall–Kier alpha value is -1.55. The first-order valence-corrected chi connectivity index (χ1v) is 5.15. The summed E-state index contributed by atoms with van der Waals surface area (Å²) in [5.41, 5.74) is 6.84. The lowest BCUT2D eigenvalue weighted by molar-refractivity contribution is 0.626. The van der Waals surface area contributed by atoms with Crippen LogP contribution in [-0.4, -0.2) is 9.55 Å². The Bertz CT molecular complexity index is 522. The Labute approximate surface area is 97.7 Å². The third-order valence-corrected chi connectivity index (χ3v) is 2.76. The van der Waals surface area contributed by atoms with Crippen LogP contribution in [0.4, 0.5) is 10.1 Å². The first-order valence-electron chi connectivity index (χ1n) is 4.77. The summed E-state index contributed by atoms with van der Waals surface area (Å²) in [6.45, 7) is 0. The second-order valence-electron chi connectivity index (χ2n) is 3.59. The highest BCUT2D eigenvalue weighted by Gasteiger charge is 2.09. The van der Waals surface area contributed by atoms with Crippen LogP contribution in [0.15, 0.2) is 24.5 Å². The molecule has 0 amide bonds. The molecule has 0 atom stereocenters. The van der Waals surface area contributed by atoms with Crippen molar-refractivity contribution in [2.75, 3.05) is 5.73 Å². The molecule has 0 saturated heterocycles. The zero-order valence-corrected chi connectivity index (χ0v) is 9.50. The molecule has 0 fully saturated rings. The van der Waals surface area contributed by atoms with E-state index in [0.29, 0.717) is 17.7 Å². The SMILES string of the molecule is Cn1ccnc1Cc1cc(F)cc(Cl)c1N. The van der Waals surface area contributed by atoms with E-state index in [-0.39, 0.29) is 10.8 Å². The van der Waals surface area contributed by atoms with Crippen LogP contribution in [0.5, 0.6) is 0 Å². The summed E-state index contributed by atoms with van der Waals surface area (Å²) in [4.78, 5) is 4.15. The smallest absolute Gasteiger partial charge is 0.125 e. The fourth-order valence-corrected chi connectivity index (χ4v) is 1.75. The van der Waals surface area contributed by atoms with Gasteiger partial charge in [-0.3, -0.25) is 0 Å². The largest absolute Gasteiger partial charge is 0.397 e. The first kappa shape index (κ1) is 11.0. The summed E-state index contributed by atoms with van der Waals surface area (Å²) in [7, 11) is 1.87. The second-order valence-corrected chi connectivity index (χ2v) is 4.00. The highest BCUT2D eigenvalue weighted by molar-refractivity contribution is 6.33. The second kappa shape index (κ2) is 4.14. The summed E-state index contributed by atoms with van der Waals surface area (Å²) in [5, 5.41) is 0.240. The number of aryl methyl sites for hydroxylation is 1. The molecule has 2 aromatic rings. The normalized spacial score (nSPS) is 10.7. The van der Waals surface area contributed by atoms with Crippen molar-refractivity contribution >= 4 is 17.3 Å². The van der Waals surface area contributed by atoms with Gasteiger partial charge in [-0.15, -0.1) is 0 Å². The van der Waals surface area contributed by atoms with Crippen molar-refractivity contribution in [1.82, 2.24) is 9.55 Å². The Balaban J connectivity index is 2.38. The molecule has 0 spiro atoms. The van der Waals surface area contributed by atoms with Gasteiger partial charge in [-0.05, 0) is 17.7 Å². The van der Waals surface area contributed by atoms with Gasteiger partial charge in [0.15, 0.2) is 0 Å². The molecule has 1 heterocycles. The van der Waals surface area contributed by atoms with Crippen LogP contribution >= 0.6 is 11.6 Å². The van der Waals surface area contributed by atoms with Crippen molar-refractivity contribution in [3.8, 4) is 0 Å². The minimum Gasteiger partial charge on any atom is -0.397 e. The van der Waals surface area contributed by atoms with Gasteiger partial charge in [-0.25, -0.2) is 9.37 Å². The highest BCUT2D eigenvalue weighted by Crippen LogP contribution is 2.25. The molecule has 0 radical (unpaired) electrons. The number of aromatic nitrogens is 2. The number of halogens is 2. The van der Waals surface area contributed by atoms with E-state index in [9.17, 15) is 4.39 Å². The number of nitrogen functional groups attached to an aromatic ring is 1. The van der Waals surface area contributed by atoms with Gasteiger partial charge < -0.3 is 10.3 Å². The summed E-state index contributed by atoms with van der Waals surface area (Å²) in [5.74, 6) is 0.428. The Kier molecular flexibility index (Phi) is 2.83. The molecule has 0 unspecified atom stereocenters. The molecule has 16 heavy (non-hydrogen) atoms. The average Bonchev–Trinajstić information content (AvgIpc) is 2.60. The van der Waals surface area contributed by atoms with E-state index in [2.05, 4.69) is 4.98 Å². The topological polar surface area (TPSA) is 43.8 Å². The monoisotopic (exact) mass is 239 g/mol. The minimum absolute atomic E-state index is 0.240. The minimum atomic E-state index is -0.386. The zero-order valence-electron chi connectivity index (χ0n) is 8.74. The Morgan fingerprint density at radius 3 is 2.88 bits per heavy atom. The fraction of sp³-hybridized carbons (Fsp3) is 0.182. The first-order chi connectivity index (χ1) is 7.58. The lowest BCUT2D eigenvalue weighted by Crippen LogP contribution is -2.02. The van der Waals surface area contributed by atoms with E-state index in [1.807, 2.05) is 17.8 Å². The summed E-state index contributed by atoms with van der Waals surface area (Å²) >= 11 is 5.81. The van der Waals surface area contributed by atoms with Crippen LogP contribution in [0.1, 0.15) is 11.4 Å². The lowest BCUT2D eigenvalue weighted by Gasteiger charge is -2.07. The van der Waals surface area contributed by atoms with E-state index >= 15 is 0 Å². The number of anilines is 1. The number of benzene rings is 1. The van der Waals surface area contributed by atoms with Crippen molar-refractivity contribution < 1.29 is 4.39 Å². The molecule has 0 bridgehead atoms. The summed E-state index contributed by atoms with van der Waals surface area (Å²) in [6.07, 6.45) is 3.98. The standard InChI is InChI=1S/C11H11ClFN3/c1-16-3-2-15-10(16)5-7-4-8(13)6-9(12)11(7)14/h2-4,6H,5,14H2,1H3. The van der Waals surface area contributed by atoms with E-state index in [4.69, 9.17) is 17.3 Å². The van der Waals surface area contributed by atoms with Crippen molar-refractivity contribution in [3.05, 3.63) is 46.8 Å². The number of nitrogens with two attached hydrogens (primary N) is 1. The highest BCUT2D eigenvalue weighted by atomic mass is 35.5. The van der Waals surface area contributed by atoms with Gasteiger partial charge in [-0.1, -0.05) is 11.6 Å². The van der Waals surface area contributed by atoms with Crippen molar-refractivity contribution in [3.63, 3.8) is 0 Å². The van der Waals surface area contributed by atoms with Crippen molar-refractivity contribution in [2.45, 2.75) is 6.42 Å². The Morgan fingerprint density at radius 1 is 1.50 bits per heavy atom. The number of nitrogens with zero attached hydrogens (tertiary/aromatic N) is 2. The van der Waals surface area contributed by atoms with Crippen LogP contribution in [-0.2, 0) is 13.5 Å². The molecule has 0 saturated carbocycles. The van der Waals surface area contributed by atoms with Gasteiger partial charge in [0.2, 0.25) is 0 Å². The molecule has 1 aromatic carbocycles. The molecule has 0 aliphatic carbocycles. The predicted molar refractivity (Wildman–Crippen MR) is 61.8 cm³/mol. The molecule has 1 aromatic heterocycles. The third kappa shape index (κ3) is 2.02. The number of hydrogen-bond acceptors (Lipinski definition) is 2. The maximum atomic E-state index is 13.2. The molecule has 3 nitrogen and oxygen atoms in total. The maximum Gasteiger partial charge on any atom is 0.125 e. The molecular formula is C11H11ClFN3. The summed E-state index contributed by atoms with van der Waals surface area (Å²) < 4.78 is 15.0. The summed E-state index contributed by atoms with van der Waals surface area (Å²) in [6, 6.07) is 2.59. The van der Waals surface area contributed by atoms with Crippen LogP contribution in [0.3, 0.4) is 0 Å². The molecule has 84 valence electrons. The quantitative estimate of drug-likeness (QED) is 0.818. The van der Waals surface area contributed by atoms with E-state index in [0.717, 1.165) is 5.82 Å². The van der Waals surface area contributed by atoms with Gasteiger partial charge in [0.1, 0.15) is 11.6 Å². The Morgan fingerprint density at radius 2 is 2.25 bits per heavy atom. The maximum absolute atomic E-state index is 13.2. The average molecular weight is 240 g/mol. The molecule has 2 N–H and O–H groups in total. The van der Waals surface area contributed by atoms with Crippen LogP contribution in [0, 0.1) is 5.82 Å². The lowest BCUT2D eigenvalue weighted by atomic mass is 10.1. The zero-order chi connectivity index (χ0) is 11.7. The van der Waals surface area contributed by atoms with Crippen molar-refractivity contribution in [1.29, 1.82) is 0 Å². The third-order valence-electron chi connectivity index (χ3n) is 2.45. The van der Waals surface area contributed by atoms with Gasteiger partial charge in [-0.2, -0.15) is 0 Å². The number of hydrogen-bond donors (Lipinski definition) is 1. The fourth-order valence-electron chi connectivity index (χ4n) is 1.52. The van der Waals surface area contributed by atoms with Gasteiger partial charge in [0.05, 0.1) is 10.7 Å². The number of imidazole rings is 1. The molecular weight excluding hydrogens is 229 g/mol. The van der Waals surface area contributed by atoms with Crippen LogP contribution in [0.2, 0.25) is 5.02 Å². The van der Waals surface area contributed by atoms with E-state index in [1.165, 1.54) is 12.1 Å². The van der Waals surface area contributed by atoms with Gasteiger partial charge in [0.25, 0.3) is 0 Å². The number of rotatable bonds is 2. The molecule has 5 heteroatoms. The van der Waals surface area contributed by atoms with Crippen LogP contribution in [0.25, 0.3) is 0 Å². The molecule has 0 aliphatic heterocycles. The van der Waals surface area contributed by atoms with E-state index < -0.39 is 0 Å². The predicted octanol–water partition coefficient (Wildman–Crippen LogP) is 2.39. The van der Waals surface area contributed by atoms with Gasteiger partial charge >= 0.3 is 0 Å². The van der Waals surface area contributed by atoms with Gasteiger partial charge in [0, 0.05) is 25.9 Å². The molecule has 0 aliphatic rings. The van der Waals surface area contributed by atoms with E-state index in [1.54, 1.807) is 6.20 Å².